The van der Waals surface area contributed by atoms with Crippen LogP contribution in [0.2, 0.25) is 0 Å². The van der Waals surface area contributed by atoms with Crippen molar-refractivity contribution >= 4 is 29.2 Å². The van der Waals surface area contributed by atoms with E-state index in [1.54, 1.807) is 0 Å². The average molecular weight is 437 g/mol. The Morgan fingerprint density at radius 3 is 2.41 bits per heavy atom. The Labute approximate surface area is 187 Å². The number of morpholine rings is 1. The smallest absolute Gasteiger partial charge is 0.325 e. The number of rotatable bonds is 7. The van der Waals surface area contributed by atoms with Gasteiger partial charge in [-0.2, -0.15) is 0 Å². The lowest BCUT2D eigenvalue weighted by Crippen LogP contribution is -2.44. The zero-order valence-corrected chi connectivity index (χ0v) is 18.2. The molecule has 2 aromatic rings. The quantitative estimate of drug-likeness (QED) is 0.652. The van der Waals surface area contributed by atoms with Gasteiger partial charge in [0, 0.05) is 24.5 Å². The number of hydrogen-bond acceptors (Lipinski definition) is 5. The third-order valence-corrected chi connectivity index (χ3v) is 5.90. The minimum atomic E-state index is -1.13. The number of carbonyl (C=O) groups excluding carboxylic acids is 3. The Hall–Kier alpha value is -3.39. The van der Waals surface area contributed by atoms with Gasteiger partial charge in [0.15, 0.2) is 0 Å². The molecule has 0 aromatic heterocycles. The summed E-state index contributed by atoms with van der Waals surface area (Å²) in [6.07, 6.45) is 1.17. The van der Waals surface area contributed by atoms with Crippen LogP contribution in [0.3, 0.4) is 0 Å². The average Bonchev–Trinajstić information content (AvgIpc) is 3.06. The number of carbonyl (C=O) groups is 3. The Balaban J connectivity index is 1.42. The number of urea groups is 1. The van der Waals surface area contributed by atoms with Gasteiger partial charge in [0.25, 0.3) is 5.91 Å². The van der Waals surface area contributed by atoms with E-state index < -0.39 is 23.4 Å². The molecule has 2 aliphatic heterocycles. The maximum atomic E-state index is 13.3. The molecular weight excluding hydrogens is 408 g/mol. The molecule has 168 valence electrons. The largest absolute Gasteiger partial charge is 0.378 e. The number of hydrogen-bond donors (Lipinski definition) is 2. The van der Waals surface area contributed by atoms with Crippen molar-refractivity contribution in [2.45, 2.75) is 25.3 Å². The van der Waals surface area contributed by atoms with Gasteiger partial charge in [-0.3, -0.25) is 14.5 Å². The summed E-state index contributed by atoms with van der Waals surface area (Å²) >= 11 is 0. The number of imide groups is 1. The molecule has 0 unspecified atom stereocenters. The normalized spacial score (nSPS) is 20.9. The summed E-state index contributed by atoms with van der Waals surface area (Å²) in [5.41, 5.74) is 1.27. The Bertz CT molecular complexity index is 973. The Kier molecular flexibility index (Phi) is 6.41. The molecule has 0 saturated carbocycles. The first-order valence-corrected chi connectivity index (χ1v) is 11.0. The molecule has 2 heterocycles. The van der Waals surface area contributed by atoms with Crippen LogP contribution in [0.4, 0.5) is 16.2 Å². The van der Waals surface area contributed by atoms with E-state index in [4.69, 9.17) is 4.74 Å². The van der Waals surface area contributed by atoms with Crippen LogP contribution in [0.25, 0.3) is 0 Å². The van der Waals surface area contributed by atoms with E-state index in [0.29, 0.717) is 31.7 Å². The fourth-order valence-corrected chi connectivity index (χ4v) is 4.30. The van der Waals surface area contributed by atoms with Crippen LogP contribution in [0.5, 0.6) is 0 Å². The molecule has 0 spiro atoms. The van der Waals surface area contributed by atoms with Gasteiger partial charge in [0.2, 0.25) is 5.91 Å². The first-order chi connectivity index (χ1) is 15.5. The molecule has 0 bridgehead atoms. The fraction of sp³-hybridized carbons (Fsp3) is 0.375. The van der Waals surface area contributed by atoms with E-state index in [2.05, 4.69) is 15.5 Å². The Morgan fingerprint density at radius 1 is 1.06 bits per heavy atom. The second kappa shape index (κ2) is 9.40. The maximum Gasteiger partial charge on any atom is 0.325 e. The predicted molar refractivity (Wildman–Crippen MR) is 121 cm³/mol. The van der Waals surface area contributed by atoms with Crippen LogP contribution in [-0.4, -0.2) is 55.6 Å². The second-order valence-electron chi connectivity index (χ2n) is 8.04. The molecule has 4 rings (SSSR count). The van der Waals surface area contributed by atoms with Crippen molar-refractivity contribution in [3.63, 3.8) is 0 Å². The zero-order chi connectivity index (χ0) is 22.6. The molecule has 2 aromatic carbocycles. The summed E-state index contributed by atoms with van der Waals surface area (Å²) in [5.74, 6) is -0.818. The van der Waals surface area contributed by atoms with E-state index in [0.717, 1.165) is 29.2 Å². The molecule has 2 N–H and O–H groups in total. The molecule has 32 heavy (non-hydrogen) atoms. The fourth-order valence-electron chi connectivity index (χ4n) is 4.30. The summed E-state index contributed by atoms with van der Waals surface area (Å²) in [5, 5.41) is 5.62. The van der Waals surface area contributed by atoms with Crippen molar-refractivity contribution in [3.8, 4) is 0 Å². The van der Waals surface area contributed by atoms with E-state index in [1.807, 2.05) is 61.5 Å². The molecule has 8 nitrogen and oxygen atoms in total. The monoisotopic (exact) mass is 436 g/mol. The highest BCUT2D eigenvalue weighted by Crippen LogP contribution is 2.33. The predicted octanol–water partition coefficient (Wildman–Crippen LogP) is 2.71. The highest BCUT2D eigenvalue weighted by Gasteiger charge is 2.52. The van der Waals surface area contributed by atoms with Gasteiger partial charge in [-0.15, -0.1) is 0 Å². The highest BCUT2D eigenvalue weighted by molar-refractivity contribution is 6.10. The first kappa shape index (κ1) is 21.8. The minimum absolute atomic E-state index is 0.339. The molecule has 4 amide bonds. The first-order valence-electron chi connectivity index (χ1n) is 11.0. The second-order valence-corrected chi connectivity index (χ2v) is 8.04. The van der Waals surface area contributed by atoms with Gasteiger partial charge in [0.1, 0.15) is 12.1 Å². The molecular formula is C24H28N4O4. The lowest BCUT2D eigenvalue weighted by molar-refractivity contribution is -0.134. The van der Waals surface area contributed by atoms with E-state index in [9.17, 15) is 14.4 Å². The van der Waals surface area contributed by atoms with Gasteiger partial charge >= 0.3 is 6.03 Å². The molecule has 0 aliphatic carbocycles. The number of nitrogens with zero attached hydrogens (tertiary/aromatic N) is 2. The van der Waals surface area contributed by atoms with Gasteiger partial charge in [-0.25, -0.2) is 4.79 Å². The molecule has 8 heteroatoms. The molecule has 2 saturated heterocycles. The topological polar surface area (TPSA) is 91.0 Å². The van der Waals surface area contributed by atoms with Crippen LogP contribution in [-0.2, 0) is 19.9 Å². The van der Waals surface area contributed by atoms with Crippen molar-refractivity contribution in [2.75, 3.05) is 43.1 Å². The van der Waals surface area contributed by atoms with Gasteiger partial charge < -0.3 is 20.3 Å². The Morgan fingerprint density at radius 2 is 1.75 bits per heavy atom. The molecule has 2 aliphatic rings. The number of benzene rings is 2. The van der Waals surface area contributed by atoms with Crippen LogP contribution < -0.4 is 15.5 Å². The zero-order valence-electron chi connectivity index (χ0n) is 18.2. The van der Waals surface area contributed by atoms with Gasteiger partial charge in [-0.1, -0.05) is 43.7 Å². The summed E-state index contributed by atoms with van der Waals surface area (Å²) in [4.78, 5) is 41.8. The van der Waals surface area contributed by atoms with E-state index >= 15 is 0 Å². The SMILES string of the molecule is CCC[C@@]1(c2ccccc2)NC(=O)N(CC(=O)Nc2ccc(N3CCOCC3)cc2)C1=O. The number of ether oxygens (including phenoxy) is 1. The summed E-state index contributed by atoms with van der Waals surface area (Å²) in [7, 11) is 0. The minimum Gasteiger partial charge on any atom is -0.378 e. The van der Waals surface area contributed by atoms with Crippen LogP contribution in [0.1, 0.15) is 25.3 Å². The van der Waals surface area contributed by atoms with Crippen molar-refractivity contribution < 1.29 is 19.1 Å². The van der Waals surface area contributed by atoms with Gasteiger partial charge in [-0.05, 0) is 36.2 Å². The summed E-state index contributed by atoms with van der Waals surface area (Å²) in [6, 6.07) is 16.2. The van der Waals surface area contributed by atoms with E-state index in [1.165, 1.54) is 0 Å². The summed E-state index contributed by atoms with van der Waals surface area (Å²) < 4.78 is 5.37. The standard InChI is InChI=1S/C24H28N4O4/c1-2-12-24(18-6-4-3-5-7-18)22(30)28(23(31)26-24)17-21(29)25-19-8-10-20(11-9-19)27-13-15-32-16-14-27/h3-11H,2,12-17H2,1H3,(H,25,29)(H,26,31)/t24-/m0/s1. The van der Waals surface area contributed by atoms with Crippen molar-refractivity contribution in [2.24, 2.45) is 0 Å². The van der Waals surface area contributed by atoms with Crippen molar-refractivity contribution in [3.05, 3.63) is 60.2 Å². The van der Waals surface area contributed by atoms with Gasteiger partial charge in [0.05, 0.1) is 13.2 Å². The highest BCUT2D eigenvalue weighted by atomic mass is 16.5. The lowest BCUT2D eigenvalue weighted by atomic mass is 9.85. The van der Waals surface area contributed by atoms with Crippen LogP contribution in [0, 0.1) is 0 Å². The maximum absolute atomic E-state index is 13.3. The third kappa shape index (κ3) is 4.31. The van der Waals surface area contributed by atoms with Crippen LogP contribution in [0.15, 0.2) is 54.6 Å². The molecule has 0 radical (unpaired) electrons. The lowest BCUT2D eigenvalue weighted by Gasteiger charge is -2.29. The summed E-state index contributed by atoms with van der Waals surface area (Å²) in [6.45, 7) is 4.69. The number of amides is 4. The third-order valence-electron chi connectivity index (χ3n) is 5.90. The number of nitrogens with one attached hydrogen (secondary N) is 2. The number of anilines is 2. The van der Waals surface area contributed by atoms with E-state index in [-0.39, 0.29) is 6.54 Å². The van der Waals surface area contributed by atoms with Crippen molar-refractivity contribution in [1.82, 2.24) is 10.2 Å². The molecule has 2 fully saturated rings. The van der Waals surface area contributed by atoms with Crippen LogP contribution >= 0.6 is 0 Å². The molecule has 1 atom stereocenters. The van der Waals surface area contributed by atoms with Crippen molar-refractivity contribution in [1.29, 1.82) is 0 Å².